The van der Waals surface area contributed by atoms with E-state index in [1.807, 2.05) is 6.07 Å². The molecule has 36 heavy (non-hydrogen) atoms. The van der Waals surface area contributed by atoms with E-state index in [9.17, 15) is 22.4 Å². The number of aromatic nitrogens is 2. The molecule has 3 aliphatic rings. The van der Waals surface area contributed by atoms with E-state index in [1.165, 1.54) is 36.4 Å². The van der Waals surface area contributed by atoms with E-state index in [-0.39, 0.29) is 39.7 Å². The minimum absolute atomic E-state index is 0.139. The number of nitrogens with zero attached hydrogens (tertiary/aromatic N) is 2. The lowest BCUT2D eigenvalue weighted by atomic mass is 9.99. The van der Waals surface area contributed by atoms with Gasteiger partial charge in [-0.05, 0) is 54.3 Å². The summed E-state index contributed by atoms with van der Waals surface area (Å²) in [7, 11) is 0. The van der Waals surface area contributed by atoms with Gasteiger partial charge in [-0.3, -0.25) is 4.79 Å². The molecule has 7 nitrogen and oxygen atoms in total. The van der Waals surface area contributed by atoms with Crippen LogP contribution in [0.3, 0.4) is 0 Å². The number of benzene rings is 2. The molecule has 7 rings (SSSR count). The van der Waals surface area contributed by atoms with Crippen molar-refractivity contribution in [3.63, 3.8) is 0 Å². The third kappa shape index (κ3) is 3.34. The lowest BCUT2D eigenvalue weighted by molar-refractivity contribution is -0.287. The number of hydrogen-bond acceptors (Lipinski definition) is 6. The molecule has 2 aliphatic heterocycles. The Kier molecular flexibility index (Phi) is 4.03. The van der Waals surface area contributed by atoms with Gasteiger partial charge in [-0.2, -0.15) is 0 Å². The van der Waals surface area contributed by atoms with Crippen LogP contribution in [-0.4, -0.2) is 22.0 Å². The molecule has 11 heteroatoms. The Labute approximate surface area is 199 Å². The van der Waals surface area contributed by atoms with Crippen LogP contribution in [0.5, 0.6) is 23.0 Å². The second kappa shape index (κ2) is 6.90. The van der Waals surface area contributed by atoms with E-state index in [4.69, 9.17) is 4.98 Å². The molecule has 1 fully saturated rings. The summed E-state index contributed by atoms with van der Waals surface area (Å²) in [6, 6.07) is 9.94. The molecule has 0 radical (unpaired) electrons. The summed E-state index contributed by atoms with van der Waals surface area (Å²) in [6.07, 6.45) is -2.34. The average Bonchev–Trinajstić information content (AvgIpc) is 3.54. The lowest BCUT2D eigenvalue weighted by Crippen LogP contribution is -2.25. The summed E-state index contributed by atoms with van der Waals surface area (Å²) in [5.74, 6) is -0.450. The van der Waals surface area contributed by atoms with Gasteiger partial charge in [0.1, 0.15) is 5.65 Å². The van der Waals surface area contributed by atoms with Crippen LogP contribution in [0.2, 0.25) is 0 Å². The Morgan fingerprint density at radius 2 is 1.39 bits per heavy atom. The molecule has 2 aromatic carbocycles. The lowest BCUT2D eigenvalue weighted by Gasteiger charge is -2.13. The molecule has 2 aromatic heterocycles. The maximum absolute atomic E-state index is 13.8. The monoisotopic (exact) mass is 498 g/mol. The van der Waals surface area contributed by atoms with Crippen LogP contribution in [0.25, 0.3) is 27.9 Å². The van der Waals surface area contributed by atoms with Crippen LogP contribution >= 0.6 is 0 Å². The van der Waals surface area contributed by atoms with Gasteiger partial charge in [0.25, 0.3) is 0 Å². The van der Waals surface area contributed by atoms with Crippen molar-refractivity contribution in [2.24, 2.45) is 0 Å². The molecular formula is C25H14F4N2O5. The first kappa shape index (κ1) is 21.0. The number of fused-ring (bicyclic) bond motifs is 3. The van der Waals surface area contributed by atoms with Gasteiger partial charge in [0, 0.05) is 29.6 Å². The Morgan fingerprint density at radius 3 is 2.03 bits per heavy atom. The smallest absolute Gasteiger partial charge is 0.395 e. The van der Waals surface area contributed by atoms with Crippen LogP contribution < -0.4 is 24.4 Å². The number of hydrogen-bond donors (Lipinski definition) is 0. The normalized spacial score (nSPS) is 18.6. The second-order valence-electron chi connectivity index (χ2n) is 8.76. The first-order chi connectivity index (χ1) is 17.2. The molecule has 0 amide bonds. The fraction of sp³-hybridized carbons (Fsp3) is 0.200. The van der Waals surface area contributed by atoms with E-state index in [2.05, 4.69) is 18.9 Å². The predicted octanol–water partition coefficient (Wildman–Crippen LogP) is 5.55. The Bertz CT molecular complexity index is 1650. The Balaban J connectivity index is 1.44. The zero-order valence-corrected chi connectivity index (χ0v) is 18.1. The van der Waals surface area contributed by atoms with Crippen molar-refractivity contribution in [3.05, 3.63) is 70.8 Å². The van der Waals surface area contributed by atoms with E-state index in [1.54, 1.807) is 16.8 Å². The number of rotatable bonds is 3. The maximum atomic E-state index is 13.8. The van der Waals surface area contributed by atoms with E-state index >= 15 is 0 Å². The van der Waals surface area contributed by atoms with Gasteiger partial charge < -0.3 is 23.3 Å². The highest BCUT2D eigenvalue weighted by Crippen LogP contribution is 2.45. The van der Waals surface area contributed by atoms with Crippen molar-refractivity contribution in [1.82, 2.24) is 9.38 Å². The van der Waals surface area contributed by atoms with Crippen molar-refractivity contribution in [3.8, 4) is 45.3 Å². The Morgan fingerprint density at radius 1 is 0.806 bits per heavy atom. The highest BCUT2D eigenvalue weighted by atomic mass is 19.3. The fourth-order valence-corrected chi connectivity index (χ4v) is 4.46. The standard InChI is InChI=1S/C25H14F4N2O5/c26-24(27)33-17-5-3-13(9-19(17)35-24)15-11-31-8-7-16(12-1-2-12)30-23(31)21(22(15)32)14-4-6-18-20(10-14)36-25(28,29)34-18/h3-12H,1-2H2. The molecule has 0 saturated heterocycles. The molecule has 4 heterocycles. The van der Waals surface area contributed by atoms with Crippen molar-refractivity contribution in [2.45, 2.75) is 31.3 Å². The number of halogens is 4. The topological polar surface area (TPSA) is 71.3 Å². The van der Waals surface area contributed by atoms with Gasteiger partial charge in [0.2, 0.25) is 0 Å². The van der Waals surface area contributed by atoms with Gasteiger partial charge in [-0.15, -0.1) is 17.6 Å². The quantitative estimate of drug-likeness (QED) is 0.345. The van der Waals surface area contributed by atoms with Crippen LogP contribution in [0.1, 0.15) is 24.5 Å². The molecule has 0 atom stereocenters. The number of ether oxygens (including phenoxy) is 4. The fourth-order valence-electron chi connectivity index (χ4n) is 4.46. The highest BCUT2D eigenvalue weighted by molar-refractivity contribution is 5.83. The van der Waals surface area contributed by atoms with Crippen molar-refractivity contribution in [2.75, 3.05) is 0 Å². The first-order valence-corrected chi connectivity index (χ1v) is 11.0. The third-order valence-corrected chi connectivity index (χ3v) is 6.25. The summed E-state index contributed by atoms with van der Waals surface area (Å²) >= 11 is 0. The van der Waals surface area contributed by atoms with Gasteiger partial charge >= 0.3 is 12.6 Å². The van der Waals surface area contributed by atoms with Crippen molar-refractivity contribution in [1.29, 1.82) is 0 Å². The maximum Gasteiger partial charge on any atom is 0.586 e. The van der Waals surface area contributed by atoms with E-state index in [0.29, 0.717) is 17.1 Å². The van der Waals surface area contributed by atoms with Crippen LogP contribution in [0, 0.1) is 0 Å². The highest BCUT2D eigenvalue weighted by Gasteiger charge is 2.44. The third-order valence-electron chi connectivity index (χ3n) is 6.25. The molecule has 1 saturated carbocycles. The molecule has 0 spiro atoms. The van der Waals surface area contributed by atoms with Gasteiger partial charge in [0.15, 0.2) is 28.4 Å². The van der Waals surface area contributed by atoms with Crippen LogP contribution in [-0.2, 0) is 0 Å². The molecular weight excluding hydrogens is 484 g/mol. The minimum atomic E-state index is -3.81. The summed E-state index contributed by atoms with van der Waals surface area (Å²) in [5, 5.41) is 0. The molecule has 0 N–H and O–H groups in total. The van der Waals surface area contributed by atoms with Crippen LogP contribution in [0.4, 0.5) is 17.6 Å². The van der Waals surface area contributed by atoms with Crippen LogP contribution in [0.15, 0.2) is 59.7 Å². The molecule has 1 aliphatic carbocycles. The Hall–Kier alpha value is -4.28. The number of alkyl halides is 4. The largest absolute Gasteiger partial charge is 0.586 e. The van der Waals surface area contributed by atoms with Gasteiger partial charge in [0.05, 0.1) is 5.56 Å². The number of pyridine rings is 1. The summed E-state index contributed by atoms with van der Waals surface area (Å²) in [6.45, 7) is 0. The minimum Gasteiger partial charge on any atom is -0.395 e. The SMILES string of the molecule is O=c1c(-c2ccc3c(c2)OC(F)(F)O3)cn2ccc(C3CC3)nc2c1-c1ccc2c(c1)OC(F)(F)O2. The van der Waals surface area contributed by atoms with Crippen molar-refractivity contribution < 1.29 is 36.5 Å². The molecule has 182 valence electrons. The summed E-state index contributed by atoms with van der Waals surface area (Å²) in [5.41, 5.74) is 1.55. The summed E-state index contributed by atoms with van der Waals surface area (Å²) < 4.78 is 73.9. The molecule has 0 unspecified atom stereocenters. The van der Waals surface area contributed by atoms with E-state index in [0.717, 1.165) is 18.5 Å². The zero-order chi connectivity index (χ0) is 24.8. The summed E-state index contributed by atoms with van der Waals surface area (Å²) in [4.78, 5) is 18.5. The van der Waals surface area contributed by atoms with Gasteiger partial charge in [-0.1, -0.05) is 12.1 Å². The van der Waals surface area contributed by atoms with E-state index < -0.39 is 18.0 Å². The zero-order valence-electron chi connectivity index (χ0n) is 18.1. The van der Waals surface area contributed by atoms with Crippen molar-refractivity contribution >= 4 is 5.65 Å². The first-order valence-electron chi connectivity index (χ1n) is 11.0. The molecule has 0 bridgehead atoms. The molecule has 4 aromatic rings. The van der Waals surface area contributed by atoms with Gasteiger partial charge in [-0.25, -0.2) is 4.98 Å². The predicted molar refractivity (Wildman–Crippen MR) is 117 cm³/mol. The average molecular weight is 498 g/mol. The second-order valence-corrected chi connectivity index (χ2v) is 8.76.